The molecule has 3 aromatic carbocycles. The lowest BCUT2D eigenvalue weighted by molar-refractivity contribution is -0.153. The summed E-state index contributed by atoms with van der Waals surface area (Å²) >= 11 is 6.14. The molecule has 0 unspecified atom stereocenters. The van der Waals surface area contributed by atoms with Crippen LogP contribution in [0.2, 0.25) is 5.02 Å². The highest BCUT2D eigenvalue weighted by Crippen LogP contribution is 2.42. The fraction of sp³-hybridized carbons (Fsp3) is 0.222. The first kappa shape index (κ1) is 22.2. The molecular weight excluding hydrogens is 450 g/mol. The van der Waals surface area contributed by atoms with Gasteiger partial charge in [-0.1, -0.05) is 65.7 Å². The molecule has 1 aromatic heterocycles. The number of amides is 1. The highest BCUT2D eigenvalue weighted by Gasteiger charge is 2.47. The van der Waals surface area contributed by atoms with Gasteiger partial charge in [0, 0.05) is 5.02 Å². The van der Waals surface area contributed by atoms with E-state index < -0.39 is 17.9 Å². The van der Waals surface area contributed by atoms with Crippen molar-refractivity contribution in [1.82, 2.24) is 9.55 Å². The number of imidazole rings is 1. The second-order valence-electron chi connectivity index (χ2n) is 8.41. The molecule has 0 saturated heterocycles. The summed E-state index contributed by atoms with van der Waals surface area (Å²) in [6.45, 7) is 4.24. The number of benzene rings is 3. The van der Waals surface area contributed by atoms with E-state index in [9.17, 15) is 9.59 Å². The number of hydrogen-bond donors (Lipinski definition) is 0. The number of hydrogen-bond acceptors (Lipinski definition) is 4. The van der Waals surface area contributed by atoms with E-state index in [1.54, 1.807) is 24.0 Å². The number of anilines is 1. The Hall–Kier alpha value is -3.64. The fourth-order valence-electron chi connectivity index (χ4n) is 4.53. The van der Waals surface area contributed by atoms with Crippen LogP contribution in [0.4, 0.5) is 5.95 Å². The minimum atomic E-state index is -1.06. The number of carbonyl (C=O) groups excluding carboxylic acids is 2. The monoisotopic (exact) mass is 473 g/mol. The average molecular weight is 474 g/mol. The van der Waals surface area contributed by atoms with Crippen LogP contribution < -0.4 is 4.90 Å². The Morgan fingerprint density at radius 1 is 1.03 bits per heavy atom. The van der Waals surface area contributed by atoms with Gasteiger partial charge in [0.1, 0.15) is 0 Å². The molecule has 1 amide bonds. The topological polar surface area (TPSA) is 64.4 Å². The summed E-state index contributed by atoms with van der Waals surface area (Å²) in [4.78, 5) is 33.6. The van der Waals surface area contributed by atoms with Crippen molar-refractivity contribution in [2.75, 3.05) is 11.5 Å². The number of esters is 1. The van der Waals surface area contributed by atoms with E-state index in [2.05, 4.69) is 0 Å². The highest BCUT2D eigenvalue weighted by atomic mass is 35.5. The molecule has 0 N–H and O–H groups in total. The van der Waals surface area contributed by atoms with Gasteiger partial charge in [-0.05, 0) is 49.2 Å². The maximum Gasteiger partial charge on any atom is 0.321 e. The molecule has 0 aliphatic carbocycles. The molecular formula is C27H24ClN3O3. The maximum absolute atomic E-state index is 13.9. The Labute approximate surface area is 202 Å². The van der Waals surface area contributed by atoms with E-state index in [1.807, 2.05) is 72.2 Å². The quantitative estimate of drug-likeness (QED) is 0.291. The fourth-order valence-corrected chi connectivity index (χ4v) is 4.66. The van der Waals surface area contributed by atoms with Crippen LogP contribution in [-0.2, 0) is 20.9 Å². The molecule has 0 spiro atoms. The lowest BCUT2D eigenvalue weighted by atomic mass is 9.89. The Morgan fingerprint density at radius 2 is 1.74 bits per heavy atom. The van der Waals surface area contributed by atoms with E-state index in [1.165, 1.54) is 0 Å². The van der Waals surface area contributed by atoms with Gasteiger partial charge in [-0.25, -0.2) is 4.98 Å². The Kier molecular flexibility index (Phi) is 5.84. The van der Waals surface area contributed by atoms with Crippen LogP contribution in [-0.4, -0.2) is 28.0 Å². The summed E-state index contributed by atoms with van der Waals surface area (Å²) in [5.41, 5.74) is 4.46. The summed E-state index contributed by atoms with van der Waals surface area (Å²) in [5.74, 6) is -1.43. The number of halogens is 1. The van der Waals surface area contributed by atoms with Crippen LogP contribution in [0.25, 0.3) is 11.0 Å². The highest BCUT2D eigenvalue weighted by molar-refractivity contribution is 6.30. The number of fused-ring (bicyclic) bond motifs is 3. The number of ether oxygens (including phenoxy) is 1. The Morgan fingerprint density at radius 3 is 2.44 bits per heavy atom. The largest absolute Gasteiger partial charge is 0.465 e. The van der Waals surface area contributed by atoms with E-state index in [0.717, 1.165) is 27.7 Å². The Balaban J connectivity index is 1.73. The summed E-state index contributed by atoms with van der Waals surface area (Å²) in [6, 6.07) is 22.3. The first-order chi connectivity index (χ1) is 16.5. The zero-order chi connectivity index (χ0) is 23.8. The molecule has 1 aliphatic rings. The summed E-state index contributed by atoms with van der Waals surface area (Å²) in [5, 5.41) is 0.579. The lowest BCUT2D eigenvalue weighted by Crippen LogP contribution is -2.49. The molecule has 0 radical (unpaired) electrons. The predicted molar refractivity (Wildman–Crippen MR) is 132 cm³/mol. The van der Waals surface area contributed by atoms with Gasteiger partial charge < -0.3 is 9.30 Å². The third-order valence-electron chi connectivity index (χ3n) is 6.16. The zero-order valence-electron chi connectivity index (χ0n) is 18.9. The van der Waals surface area contributed by atoms with E-state index >= 15 is 0 Å². The third kappa shape index (κ3) is 3.84. The van der Waals surface area contributed by atoms with Crippen LogP contribution in [0.5, 0.6) is 0 Å². The van der Waals surface area contributed by atoms with Crippen molar-refractivity contribution in [1.29, 1.82) is 0 Å². The van der Waals surface area contributed by atoms with E-state index in [-0.39, 0.29) is 12.5 Å². The summed E-state index contributed by atoms with van der Waals surface area (Å²) in [7, 11) is 0. The number of rotatable bonds is 5. The van der Waals surface area contributed by atoms with Crippen LogP contribution in [0.1, 0.15) is 29.7 Å². The SMILES string of the molecule is CCOC(=O)[C@@H]1C(=O)N(Cc2ccc(C)cc2)c2nc3ccccc3n2[C@H]1c1ccc(Cl)cc1. The molecule has 5 rings (SSSR count). The first-order valence-electron chi connectivity index (χ1n) is 11.2. The molecule has 7 heteroatoms. The predicted octanol–water partition coefficient (Wildman–Crippen LogP) is 5.31. The average Bonchev–Trinajstić information content (AvgIpc) is 3.22. The second-order valence-corrected chi connectivity index (χ2v) is 8.84. The van der Waals surface area contributed by atoms with Crippen molar-refractivity contribution in [3.8, 4) is 0 Å². The molecule has 34 heavy (non-hydrogen) atoms. The van der Waals surface area contributed by atoms with Gasteiger partial charge in [0.15, 0.2) is 5.92 Å². The zero-order valence-corrected chi connectivity index (χ0v) is 19.7. The van der Waals surface area contributed by atoms with Crippen molar-refractivity contribution in [2.45, 2.75) is 26.4 Å². The van der Waals surface area contributed by atoms with Crippen LogP contribution in [0, 0.1) is 12.8 Å². The van der Waals surface area contributed by atoms with E-state index in [4.69, 9.17) is 21.3 Å². The number of aryl methyl sites for hydroxylation is 1. The molecule has 2 heterocycles. The van der Waals surface area contributed by atoms with Crippen LogP contribution in [0.3, 0.4) is 0 Å². The van der Waals surface area contributed by atoms with E-state index in [0.29, 0.717) is 17.5 Å². The number of aromatic nitrogens is 2. The van der Waals surface area contributed by atoms with Gasteiger partial charge in [-0.3, -0.25) is 14.5 Å². The van der Waals surface area contributed by atoms with Crippen molar-refractivity contribution in [2.24, 2.45) is 5.92 Å². The van der Waals surface area contributed by atoms with Crippen molar-refractivity contribution in [3.05, 3.63) is 94.5 Å². The minimum Gasteiger partial charge on any atom is -0.465 e. The minimum absolute atomic E-state index is 0.186. The van der Waals surface area contributed by atoms with Gasteiger partial charge in [0.2, 0.25) is 11.9 Å². The van der Waals surface area contributed by atoms with Gasteiger partial charge in [-0.15, -0.1) is 0 Å². The second kappa shape index (κ2) is 8.95. The number of carbonyl (C=O) groups is 2. The maximum atomic E-state index is 13.9. The van der Waals surface area contributed by atoms with Crippen LogP contribution in [0.15, 0.2) is 72.8 Å². The Bertz CT molecular complexity index is 1360. The molecule has 0 saturated carbocycles. The smallest absolute Gasteiger partial charge is 0.321 e. The normalized spacial score (nSPS) is 17.6. The third-order valence-corrected chi connectivity index (χ3v) is 6.41. The molecule has 1 aliphatic heterocycles. The van der Waals surface area contributed by atoms with Gasteiger partial charge >= 0.3 is 5.97 Å². The van der Waals surface area contributed by atoms with Gasteiger partial charge in [0.25, 0.3) is 0 Å². The lowest BCUT2D eigenvalue weighted by Gasteiger charge is -2.38. The number of para-hydroxylation sites is 2. The molecule has 4 aromatic rings. The van der Waals surface area contributed by atoms with Crippen molar-refractivity contribution in [3.63, 3.8) is 0 Å². The number of nitrogens with zero attached hydrogens (tertiary/aromatic N) is 3. The standard InChI is InChI=1S/C27H24ClN3O3/c1-3-34-26(33)23-24(19-12-14-20(28)15-13-19)31-22-7-5-4-6-21(22)29-27(31)30(25(23)32)16-18-10-8-17(2)9-11-18/h4-15,23-24H,3,16H2,1-2H3/t23-,24-/m0/s1. The molecule has 0 bridgehead atoms. The molecule has 0 fully saturated rings. The first-order valence-corrected chi connectivity index (χ1v) is 11.6. The molecule has 2 atom stereocenters. The van der Waals surface area contributed by atoms with Crippen LogP contribution >= 0.6 is 11.6 Å². The van der Waals surface area contributed by atoms with Gasteiger partial charge in [-0.2, -0.15) is 0 Å². The summed E-state index contributed by atoms with van der Waals surface area (Å²) < 4.78 is 7.38. The van der Waals surface area contributed by atoms with Crippen molar-refractivity contribution < 1.29 is 14.3 Å². The van der Waals surface area contributed by atoms with Gasteiger partial charge in [0.05, 0.1) is 30.2 Å². The molecule has 6 nitrogen and oxygen atoms in total. The summed E-state index contributed by atoms with van der Waals surface area (Å²) in [6.07, 6.45) is 0. The van der Waals surface area contributed by atoms with Crippen molar-refractivity contribution >= 4 is 40.5 Å². The molecule has 172 valence electrons.